The Hall–Kier alpha value is -2.24. The molecule has 0 bridgehead atoms. The predicted molar refractivity (Wildman–Crippen MR) is 63.3 cm³/mol. The van der Waals surface area contributed by atoms with Gasteiger partial charge in [-0.05, 0) is 6.92 Å². The third-order valence-corrected chi connectivity index (χ3v) is 2.24. The van der Waals surface area contributed by atoms with Crippen molar-refractivity contribution in [2.75, 3.05) is 6.61 Å². The first-order chi connectivity index (χ1) is 8.54. The third kappa shape index (κ3) is 3.97. The molecule has 0 aliphatic carbocycles. The fourth-order valence-corrected chi connectivity index (χ4v) is 1.39. The fraction of sp³-hybridized carbons (Fsp3) is 0.333. The molecular formula is C12H13NO5. The molecule has 0 N–H and O–H groups in total. The summed E-state index contributed by atoms with van der Waals surface area (Å²) >= 11 is 0. The number of carbonyl (C=O) groups is 2. The first-order valence-corrected chi connectivity index (χ1v) is 5.48. The van der Waals surface area contributed by atoms with E-state index in [0.717, 1.165) is 0 Å². The Kier molecular flexibility index (Phi) is 4.98. The van der Waals surface area contributed by atoms with Crippen LogP contribution in [-0.2, 0) is 9.53 Å². The Morgan fingerprint density at radius 3 is 2.67 bits per heavy atom. The second-order valence-electron chi connectivity index (χ2n) is 3.54. The number of nitrogens with zero attached hydrogens (tertiary/aromatic N) is 1. The average Bonchev–Trinajstić information content (AvgIpc) is 2.36. The Morgan fingerprint density at radius 1 is 1.33 bits per heavy atom. The molecule has 6 nitrogen and oxygen atoms in total. The minimum Gasteiger partial charge on any atom is -0.466 e. The van der Waals surface area contributed by atoms with Crippen molar-refractivity contribution >= 4 is 17.4 Å². The van der Waals surface area contributed by atoms with Crippen molar-refractivity contribution < 1.29 is 19.2 Å². The van der Waals surface area contributed by atoms with Crippen molar-refractivity contribution in [3.8, 4) is 0 Å². The summed E-state index contributed by atoms with van der Waals surface area (Å²) < 4.78 is 4.69. The molecule has 0 saturated heterocycles. The van der Waals surface area contributed by atoms with E-state index in [2.05, 4.69) is 0 Å². The van der Waals surface area contributed by atoms with Gasteiger partial charge < -0.3 is 4.74 Å². The maximum Gasteiger partial charge on any atom is 0.306 e. The van der Waals surface area contributed by atoms with Gasteiger partial charge in [-0.15, -0.1) is 0 Å². The molecule has 1 rings (SSSR count). The molecule has 0 fully saturated rings. The summed E-state index contributed by atoms with van der Waals surface area (Å²) in [6.45, 7) is 1.95. The fourth-order valence-electron chi connectivity index (χ4n) is 1.39. The minimum absolute atomic E-state index is 0.0139. The molecule has 18 heavy (non-hydrogen) atoms. The van der Waals surface area contributed by atoms with Crippen LogP contribution in [0.2, 0.25) is 0 Å². The van der Waals surface area contributed by atoms with Gasteiger partial charge in [-0.1, -0.05) is 12.1 Å². The molecule has 6 heteroatoms. The number of ether oxygens (including phenoxy) is 1. The van der Waals surface area contributed by atoms with E-state index in [1.54, 1.807) is 6.92 Å². The molecule has 0 amide bonds. The van der Waals surface area contributed by atoms with Gasteiger partial charge in [0.1, 0.15) is 0 Å². The molecule has 0 aliphatic heterocycles. The number of rotatable bonds is 6. The summed E-state index contributed by atoms with van der Waals surface area (Å²) in [6.07, 6.45) is -0.0324. The quantitative estimate of drug-likeness (QED) is 0.334. The molecule has 0 aromatic heterocycles. The van der Waals surface area contributed by atoms with Crippen LogP contribution in [0.5, 0.6) is 0 Å². The molecule has 0 heterocycles. The summed E-state index contributed by atoms with van der Waals surface area (Å²) in [7, 11) is 0. The Bertz CT molecular complexity index is 469. The van der Waals surface area contributed by atoms with Gasteiger partial charge in [0, 0.05) is 24.1 Å². The minimum atomic E-state index is -0.567. The van der Waals surface area contributed by atoms with Crippen LogP contribution in [0.3, 0.4) is 0 Å². The van der Waals surface area contributed by atoms with E-state index in [4.69, 9.17) is 4.74 Å². The predicted octanol–water partition coefficient (Wildman–Crippen LogP) is 2.12. The van der Waals surface area contributed by atoms with Crippen LogP contribution in [-0.4, -0.2) is 23.3 Å². The highest BCUT2D eigenvalue weighted by Crippen LogP contribution is 2.15. The number of nitro benzene ring substituents is 1. The average molecular weight is 251 g/mol. The number of nitro groups is 1. The molecular weight excluding hydrogens is 238 g/mol. The van der Waals surface area contributed by atoms with Crippen molar-refractivity contribution in [1.29, 1.82) is 0 Å². The molecule has 0 unspecified atom stereocenters. The van der Waals surface area contributed by atoms with Gasteiger partial charge in [0.15, 0.2) is 5.78 Å². The lowest BCUT2D eigenvalue weighted by atomic mass is 10.1. The largest absolute Gasteiger partial charge is 0.466 e. The van der Waals surface area contributed by atoms with Crippen LogP contribution < -0.4 is 0 Å². The number of carbonyl (C=O) groups excluding carboxylic acids is 2. The van der Waals surface area contributed by atoms with Gasteiger partial charge in [0.2, 0.25) is 0 Å². The lowest BCUT2D eigenvalue weighted by molar-refractivity contribution is -0.384. The number of esters is 1. The van der Waals surface area contributed by atoms with Crippen LogP contribution >= 0.6 is 0 Å². The smallest absolute Gasteiger partial charge is 0.306 e. The van der Waals surface area contributed by atoms with Gasteiger partial charge in [-0.25, -0.2) is 0 Å². The second kappa shape index (κ2) is 6.48. The summed E-state index contributed by atoms with van der Waals surface area (Å²) in [4.78, 5) is 32.7. The maximum absolute atomic E-state index is 11.7. The van der Waals surface area contributed by atoms with Crippen LogP contribution in [0.15, 0.2) is 24.3 Å². The van der Waals surface area contributed by atoms with E-state index >= 15 is 0 Å². The topological polar surface area (TPSA) is 86.5 Å². The highest BCUT2D eigenvalue weighted by molar-refractivity contribution is 5.98. The zero-order valence-electron chi connectivity index (χ0n) is 9.92. The van der Waals surface area contributed by atoms with E-state index in [-0.39, 0.29) is 36.5 Å². The molecule has 0 radical (unpaired) electrons. The number of ketones is 1. The van der Waals surface area contributed by atoms with Crippen LogP contribution in [0.4, 0.5) is 5.69 Å². The lowest BCUT2D eigenvalue weighted by Crippen LogP contribution is -2.08. The van der Waals surface area contributed by atoms with Crippen LogP contribution in [0.25, 0.3) is 0 Å². The van der Waals surface area contributed by atoms with E-state index in [1.165, 1.54) is 24.3 Å². The van der Waals surface area contributed by atoms with E-state index in [0.29, 0.717) is 0 Å². The number of hydrogen-bond donors (Lipinski definition) is 0. The van der Waals surface area contributed by atoms with E-state index < -0.39 is 10.9 Å². The van der Waals surface area contributed by atoms with Gasteiger partial charge >= 0.3 is 5.97 Å². The number of hydrogen-bond acceptors (Lipinski definition) is 5. The van der Waals surface area contributed by atoms with Crippen LogP contribution in [0, 0.1) is 10.1 Å². The van der Waals surface area contributed by atoms with Crippen molar-refractivity contribution in [2.45, 2.75) is 19.8 Å². The summed E-state index contributed by atoms with van der Waals surface area (Å²) in [5.74, 6) is -0.761. The standard InChI is InChI=1S/C12H13NO5/c1-2-18-12(15)7-6-11(14)9-4-3-5-10(8-9)13(16)17/h3-5,8H,2,6-7H2,1H3. The maximum atomic E-state index is 11.7. The Morgan fingerprint density at radius 2 is 2.06 bits per heavy atom. The zero-order valence-corrected chi connectivity index (χ0v) is 9.92. The van der Waals surface area contributed by atoms with Crippen molar-refractivity contribution in [1.82, 2.24) is 0 Å². The third-order valence-electron chi connectivity index (χ3n) is 2.24. The molecule has 0 aliphatic rings. The molecule has 0 atom stereocenters. The normalized spacial score (nSPS) is 9.83. The van der Waals surface area contributed by atoms with Crippen molar-refractivity contribution in [2.24, 2.45) is 0 Å². The summed E-state index contributed by atoms with van der Waals surface area (Å²) in [6, 6.07) is 5.44. The molecule has 0 saturated carbocycles. The summed E-state index contributed by atoms with van der Waals surface area (Å²) in [5.41, 5.74) is 0.0884. The molecule has 96 valence electrons. The second-order valence-corrected chi connectivity index (χ2v) is 3.54. The van der Waals surface area contributed by atoms with Gasteiger partial charge in [0.25, 0.3) is 5.69 Å². The van der Waals surface area contributed by atoms with Gasteiger partial charge in [0.05, 0.1) is 18.0 Å². The van der Waals surface area contributed by atoms with Crippen molar-refractivity contribution in [3.05, 3.63) is 39.9 Å². The first kappa shape index (κ1) is 13.8. The number of benzene rings is 1. The summed E-state index contributed by atoms with van der Waals surface area (Å²) in [5, 5.41) is 10.5. The molecule has 1 aromatic rings. The Balaban J connectivity index is 2.64. The monoisotopic (exact) mass is 251 g/mol. The van der Waals surface area contributed by atoms with Gasteiger partial charge in [-0.2, -0.15) is 0 Å². The van der Waals surface area contributed by atoms with E-state index in [1.807, 2.05) is 0 Å². The zero-order chi connectivity index (χ0) is 13.5. The Labute approximate surface area is 104 Å². The van der Waals surface area contributed by atoms with Crippen molar-refractivity contribution in [3.63, 3.8) is 0 Å². The molecule has 0 spiro atoms. The SMILES string of the molecule is CCOC(=O)CCC(=O)c1cccc([N+](=O)[O-])c1. The number of non-ortho nitro benzene ring substituents is 1. The highest BCUT2D eigenvalue weighted by Gasteiger charge is 2.13. The molecule has 1 aromatic carbocycles. The highest BCUT2D eigenvalue weighted by atomic mass is 16.6. The van der Waals surface area contributed by atoms with E-state index in [9.17, 15) is 19.7 Å². The first-order valence-electron chi connectivity index (χ1n) is 5.48. The lowest BCUT2D eigenvalue weighted by Gasteiger charge is -2.02. The van der Waals surface area contributed by atoms with Gasteiger partial charge in [-0.3, -0.25) is 19.7 Å². The van der Waals surface area contributed by atoms with Crippen LogP contribution in [0.1, 0.15) is 30.1 Å². The number of Topliss-reactive ketones (excluding diaryl/α,β-unsaturated/α-hetero) is 1.